The zero-order chi connectivity index (χ0) is 13.5. The van der Waals surface area contributed by atoms with Crippen molar-refractivity contribution in [3.05, 3.63) is 47.5 Å². The molecule has 1 heteroatoms. The third-order valence-corrected chi connectivity index (χ3v) is 4.02. The maximum atomic E-state index is 3.74. The van der Waals surface area contributed by atoms with Crippen molar-refractivity contribution in [2.45, 2.75) is 52.0 Å². The molecule has 0 fully saturated rings. The van der Waals surface area contributed by atoms with Gasteiger partial charge in [-0.15, -0.1) is 0 Å². The van der Waals surface area contributed by atoms with Gasteiger partial charge in [-0.2, -0.15) is 0 Å². The smallest absolute Gasteiger partial charge is 0.0343 e. The van der Waals surface area contributed by atoms with Crippen molar-refractivity contribution in [3.63, 3.8) is 0 Å². The van der Waals surface area contributed by atoms with Crippen molar-refractivity contribution < 1.29 is 0 Å². The fourth-order valence-corrected chi connectivity index (χ4v) is 2.92. The predicted octanol–water partition coefficient (Wildman–Crippen LogP) is 4.86. The average molecular weight is 257 g/mol. The predicted molar refractivity (Wildman–Crippen MR) is 83.2 cm³/mol. The zero-order valence-electron chi connectivity index (χ0n) is 12.4. The maximum Gasteiger partial charge on any atom is 0.0343 e. The molecule has 1 aromatic carbocycles. The molecule has 2 rings (SSSR count). The molecule has 1 atom stereocenters. The van der Waals surface area contributed by atoms with Crippen LogP contribution in [0.4, 0.5) is 0 Å². The molecule has 1 N–H and O–H groups in total. The molecule has 104 valence electrons. The molecule has 0 spiro atoms. The Hall–Kier alpha value is -1.08. The van der Waals surface area contributed by atoms with Gasteiger partial charge in [-0.3, -0.25) is 0 Å². The zero-order valence-corrected chi connectivity index (χ0v) is 12.4. The quantitative estimate of drug-likeness (QED) is 0.717. The van der Waals surface area contributed by atoms with Gasteiger partial charge in [0.2, 0.25) is 0 Å². The van der Waals surface area contributed by atoms with E-state index in [4.69, 9.17) is 0 Å². The first-order valence-corrected chi connectivity index (χ1v) is 7.73. The third kappa shape index (κ3) is 4.50. The standard InChI is InChI=1S/C18H27N/c1-15(2)18(17-11-7-4-8-12-17)19-14-13-16-9-5-3-6-10-16/h4,7-9,11-12,15,18-19H,3,5-6,10,13-14H2,1-2H3. The lowest BCUT2D eigenvalue weighted by Crippen LogP contribution is -2.27. The van der Waals surface area contributed by atoms with E-state index in [0.717, 1.165) is 6.54 Å². The summed E-state index contributed by atoms with van der Waals surface area (Å²) in [6.45, 7) is 5.69. The van der Waals surface area contributed by atoms with E-state index in [2.05, 4.69) is 55.6 Å². The molecular weight excluding hydrogens is 230 g/mol. The molecular formula is C18H27N. The summed E-state index contributed by atoms with van der Waals surface area (Å²) in [6.07, 6.45) is 9.06. The monoisotopic (exact) mass is 257 g/mol. The molecule has 0 bridgehead atoms. The van der Waals surface area contributed by atoms with E-state index in [1.807, 2.05) is 0 Å². The number of allylic oxidation sites excluding steroid dienone is 1. The highest BCUT2D eigenvalue weighted by molar-refractivity contribution is 5.19. The molecule has 0 radical (unpaired) electrons. The van der Waals surface area contributed by atoms with Crippen LogP contribution in [0.5, 0.6) is 0 Å². The van der Waals surface area contributed by atoms with Crippen LogP contribution in [0.15, 0.2) is 42.0 Å². The Kier molecular flexibility index (Phi) is 5.65. The van der Waals surface area contributed by atoms with Crippen LogP contribution in [0.1, 0.15) is 57.6 Å². The van der Waals surface area contributed by atoms with Gasteiger partial charge in [-0.1, -0.05) is 55.8 Å². The van der Waals surface area contributed by atoms with Crippen LogP contribution < -0.4 is 5.32 Å². The Bertz CT molecular complexity index is 391. The van der Waals surface area contributed by atoms with Crippen molar-refractivity contribution in [2.24, 2.45) is 5.92 Å². The van der Waals surface area contributed by atoms with Gasteiger partial charge in [0, 0.05) is 6.04 Å². The Morgan fingerprint density at radius 3 is 2.53 bits per heavy atom. The normalized spacial score (nSPS) is 17.3. The number of nitrogens with one attached hydrogen (secondary N) is 1. The summed E-state index contributed by atoms with van der Waals surface area (Å²) >= 11 is 0. The topological polar surface area (TPSA) is 12.0 Å². The molecule has 1 unspecified atom stereocenters. The van der Waals surface area contributed by atoms with E-state index in [0.29, 0.717) is 12.0 Å². The summed E-state index contributed by atoms with van der Waals surface area (Å²) in [6, 6.07) is 11.3. The Balaban J connectivity index is 1.86. The minimum absolute atomic E-state index is 0.477. The Labute approximate surface area is 118 Å². The third-order valence-electron chi connectivity index (χ3n) is 4.02. The lowest BCUT2D eigenvalue weighted by Gasteiger charge is -2.23. The highest BCUT2D eigenvalue weighted by atomic mass is 14.9. The van der Waals surface area contributed by atoms with Crippen LogP contribution in [0.3, 0.4) is 0 Å². The lowest BCUT2D eigenvalue weighted by atomic mass is 9.94. The molecule has 0 aromatic heterocycles. The molecule has 0 heterocycles. The van der Waals surface area contributed by atoms with Crippen LogP contribution in [0, 0.1) is 5.92 Å². The van der Waals surface area contributed by atoms with Gasteiger partial charge in [-0.05, 0) is 50.1 Å². The van der Waals surface area contributed by atoms with Crippen LogP contribution >= 0.6 is 0 Å². The molecule has 1 aliphatic carbocycles. The molecule has 1 nitrogen and oxygen atoms in total. The van der Waals surface area contributed by atoms with Crippen molar-refractivity contribution in [1.29, 1.82) is 0 Å². The first-order valence-electron chi connectivity index (χ1n) is 7.73. The Morgan fingerprint density at radius 1 is 1.11 bits per heavy atom. The summed E-state index contributed by atoms with van der Waals surface area (Å²) in [5.74, 6) is 0.628. The first kappa shape index (κ1) is 14.3. The average Bonchev–Trinajstić information content (AvgIpc) is 2.45. The highest BCUT2D eigenvalue weighted by Crippen LogP contribution is 2.23. The fraction of sp³-hybridized carbons (Fsp3) is 0.556. The first-order chi connectivity index (χ1) is 9.27. The number of benzene rings is 1. The van der Waals surface area contributed by atoms with Crippen molar-refractivity contribution in [2.75, 3.05) is 6.54 Å². The minimum Gasteiger partial charge on any atom is -0.309 e. The largest absolute Gasteiger partial charge is 0.309 e. The molecule has 0 saturated carbocycles. The van der Waals surface area contributed by atoms with Gasteiger partial charge in [0.25, 0.3) is 0 Å². The molecule has 19 heavy (non-hydrogen) atoms. The number of hydrogen-bond acceptors (Lipinski definition) is 1. The van der Waals surface area contributed by atoms with E-state index >= 15 is 0 Å². The number of rotatable bonds is 6. The second kappa shape index (κ2) is 7.49. The second-order valence-corrected chi connectivity index (χ2v) is 5.94. The second-order valence-electron chi connectivity index (χ2n) is 5.94. The molecule has 0 aliphatic heterocycles. The van der Waals surface area contributed by atoms with Crippen molar-refractivity contribution in [3.8, 4) is 0 Å². The van der Waals surface area contributed by atoms with E-state index in [-0.39, 0.29) is 0 Å². The van der Waals surface area contributed by atoms with Crippen LogP contribution in [-0.4, -0.2) is 6.54 Å². The van der Waals surface area contributed by atoms with Gasteiger partial charge in [0.15, 0.2) is 0 Å². The van der Waals surface area contributed by atoms with Gasteiger partial charge in [-0.25, -0.2) is 0 Å². The summed E-state index contributed by atoms with van der Waals surface area (Å²) in [5, 5.41) is 3.74. The van der Waals surface area contributed by atoms with E-state index in [1.165, 1.54) is 37.7 Å². The van der Waals surface area contributed by atoms with E-state index in [9.17, 15) is 0 Å². The van der Waals surface area contributed by atoms with E-state index < -0.39 is 0 Å². The van der Waals surface area contributed by atoms with Crippen LogP contribution in [-0.2, 0) is 0 Å². The summed E-state index contributed by atoms with van der Waals surface area (Å²) < 4.78 is 0. The summed E-state index contributed by atoms with van der Waals surface area (Å²) in [5.41, 5.74) is 3.07. The maximum absolute atomic E-state index is 3.74. The molecule has 1 aliphatic rings. The van der Waals surface area contributed by atoms with Crippen molar-refractivity contribution in [1.82, 2.24) is 5.32 Å². The van der Waals surface area contributed by atoms with Crippen molar-refractivity contribution >= 4 is 0 Å². The number of hydrogen-bond donors (Lipinski definition) is 1. The Morgan fingerprint density at radius 2 is 1.89 bits per heavy atom. The highest BCUT2D eigenvalue weighted by Gasteiger charge is 2.14. The lowest BCUT2D eigenvalue weighted by molar-refractivity contribution is 0.413. The molecule has 0 amide bonds. The summed E-state index contributed by atoms with van der Waals surface area (Å²) in [4.78, 5) is 0. The van der Waals surface area contributed by atoms with Crippen LogP contribution in [0.2, 0.25) is 0 Å². The fourth-order valence-electron chi connectivity index (χ4n) is 2.92. The van der Waals surface area contributed by atoms with Gasteiger partial charge in [0.1, 0.15) is 0 Å². The van der Waals surface area contributed by atoms with Gasteiger partial charge >= 0.3 is 0 Å². The summed E-state index contributed by atoms with van der Waals surface area (Å²) in [7, 11) is 0. The van der Waals surface area contributed by atoms with Gasteiger partial charge in [0.05, 0.1) is 0 Å². The molecule has 1 aromatic rings. The van der Waals surface area contributed by atoms with E-state index in [1.54, 1.807) is 5.57 Å². The van der Waals surface area contributed by atoms with Crippen LogP contribution in [0.25, 0.3) is 0 Å². The minimum atomic E-state index is 0.477. The SMILES string of the molecule is CC(C)C(NCCC1=CCCCC1)c1ccccc1. The van der Waals surface area contributed by atoms with Gasteiger partial charge < -0.3 is 5.32 Å². The molecule has 0 saturated heterocycles.